The molecule has 88 valence electrons. The van der Waals surface area contributed by atoms with Gasteiger partial charge in [0, 0.05) is 17.0 Å². The first kappa shape index (κ1) is 10.9. The van der Waals surface area contributed by atoms with E-state index < -0.39 is 0 Å². The van der Waals surface area contributed by atoms with E-state index in [9.17, 15) is 5.11 Å². The van der Waals surface area contributed by atoms with Crippen LogP contribution in [0.15, 0.2) is 58.2 Å². The molecule has 0 aliphatic rings. The van der Waals surface area contributed by atoms with E-state index in [1.54, 1.807) is 12.3 Å². The number of aromatic nitrogens is 1. The zero-order valence-corrected chi connectivity index (χ0v) is 10.1. The van der Waals surface area contributed by atoms with Crippen LogP contribution < -0.4 is 0 Å². The molecule has 0 aliphatic heterocycles. The number of benzene rings is 2. The maximum atomic E-state index is 10.1. The summed E-state index contributed by atoms with van der Waals surface area (Å²) in [5.74, 6) is 0.147. The van der Waals surface area contributed by atoms with Gasteiger partial charge in [0.2, 0.25) is 5.13 Å². The molecule has 0 aliphatic carbocycles. The molecule has 18 heavy (non-hydrogen) atoms. The second-order valence-electron chi connectivity index (χ2n) is 3.67. The third-order valence-corrected chi connectivity index (χ3v) is 3.20. The first-order chi connectivity index (χ1) is 8.84. The molecule has 0 saturated carbocycles. The van der Waals surface area contributed by atoms with Gasteiger partial charge in [-0.25, -0.2) is 4.98 Å². The van der Waals surface area contributed by atoms with Crippen molar-refractivity contribution in [3.05, 3.63) is 48.0 Å². The molecule has 0 saturated heterocycles. The van der Waals surface area contributed by atoms with Crippen LogP contribution in [0.2, 0.25) is 0 Å². The fraction of sp³-hybridized carbons (Fsp3) is 0. The Kier molecular flexibility index (Phi) is 2.74. The Labute approximate surface area is 107 Å². The molecule has 0 amide bonds. The van der Waals surface area contributed by atoms with Crippen LogP contribution in [0, 0.1) is 0 Å². The highest BCUT2D eigenvalue weighted by atomic mass is 32.1. The Morgan fingerprint density at radius 2 is 1.94 bits per heavy atom. The van der Waals surface area contributed by atoms with Crippen molar-refractivity contribution >= 4 is 32.9 Å². The van der Waals surface area contributed by atoms with Gasteiger partial charge in [-0.15, -0.1) is 21.6 Å². The molecule has 1 heterocycles. The molecule has 1 N–H and O–H groups in total. The quantitative estimate of drug-likeness (QED) is 0.689. The van der Waals surface area contributed by atoms with Crippen LogP contribution in [0.4, 0.5) is 10.8 Å². The molecule has 0 bridgehead atoms. The summed E-state index contributed by atoms with van der Waals surface area (Å²) in [6.07, 6.45) is 1.67. The second kappa shape index (κ2) is 4.54. The molecule has 0 radical (unpaired) electrons. The molecule has 0 fully saturated rings. The van der Waals surface area contributed by atoms with Gasteiger partial charge in [0.05, 0.1) is 0 Å². The lowest BCUT2D eigenvalue weighted by Gasteiger charge is -2.02. The van der Waals surface area contributed by atoms with Crippen molar-refractivity contribution in [3.8, 4) is 5.75 Å². The zero-order chi connectivity index (χ0) is 12.4. The number of nitrogens with zero attached hydrogens (tertiary/aromatic N) is 3. The minimum Gasteiger partial charge on any atom is -0.505 e. The van der Waals surface area contributed by atoms with Gasteiger partial charge < -0.3 is 5.11 Å². The topological polar surface area (TPSA) is 57.8 Å². The Balaban J connectivity index is 2.05. The lowest BCUT2D eigenvalue weighted by Crippen LogP contribution is -1.74. The summed E-state index contributed by atoms with van der Waals surface area (Å²) in [5, 5.41) is 22.3. The Morgan fingerprint density at radius 1 is 1.06 bits per heavy atom. The number of rotatable bonds is 2. The molecule has 5 heteroatoms. The van der Waals surface area contributed by atoms with E-state index >= 15 is 0 Å². The molecule has 3 rings (SSSR count). The van der Waals surface area contributed by atoms with E-state index in [0.717, 1.165) is 10.8 Å². The fourth-order valence-electron chi connectivity index (χ4n) is 1.69. The molecular weight excluding hydrogens is 246 g/mol. The van der Waals surface area contributed by atoms with E-state index in [1.807, 2.05) is 35.7 Å². The number of phenols is 1. The molecule has 2 aromatic carbocycles. The largest absolute Gasteiger partial charge is 0.505 e. The molecule has 0 unspecified atom stereocenters. The maximum absolute atomic E-state index is 10.1. The minimum absolute atomic E-state index is 0.147. The highest BCUT2D eigenvalue weighted by Crippen LogP contribution is 2.35. The summed E-state index contributed by atoms with van der Waals surface area (Å²) in [5.41, 5.74) is 0.448. The van der Waals surface area contributed by atoms with Gasteiger partial charge in [0.1, 0.15) is 5.69 Å². The average Bonchev–Trinajstić information content (AvgIpc) is 2.91. The van der Waals surface area contributed by atoms with Crippen LogP contribution in [0.25, 0.3) is 10.8 Å². The summed E-state index contributed by atoms with van der Waals surface area (Å²) in [7, 11) is 0. The molecule has 4 nitrogen and oxygen atoms in total. The molecule has 0 spiro atoms. The number of thiazole rings is 1. The van der Waals surface area contributed by atoms with Crippen LogP contribution >= 0.6 is 11.3 Å². The lowest BCUT2D eigenvalue weighted by atomic mass is 10.1. The highest BCUT2D eigenvalue weighted by Gasteiger charge is 2.05. The van der Waals surface area contributed by atoms with Gasteiger partial charge in [-0.05, 0) is 11.5 Å². The van der Waals surface area contributed by atoms with Gasteiger partial charge in [-0.2, -0.15) is 0 Å². The monoisotopic (exact) mass is 255 g/mol. The van der Waals surface area contributed by atoms with Crippen molar-refractivity contribution in [3.63, 3.8) is 0 Å². The van der Waals surface area contributed by atoms with Crippen LogP contribution in [0.1, 0.15) is 0 Å². The van der Waals surface area contributed by atoms with Crippen LogP contribution in [-0.2, 0) is 0 Å². The number of fused-ring (bicyclic) bond motifs is 1. The van der Waals surface area contributed by atoms with Crippen molar-refractivity contribution in [2.75, 3.05) is 0 Å². The van der Waals surface area contributed by atoms with Gasteiger partial charge in [-0.3, -0.25) is 0 Å². The number of hydrogen-bond acceptors (Lipinski definition) is 5. The SMILES string of the molecule is Oc1c(/N=N/c2nccs2)ccc2ccccc12. The lowest BCUT2D eigenvalue weighted by molar-refractivity contribution is 0.482. The van der Waals surface area contributed by atoms with Crippen LogP contribution in [-0.4, -0.2) is 10.1 Å². The summed E-state index contributed by atoms with van der Waals surface area (Å²) >= 11 is 1.40. The standard InChI is InChI=1S/C13H9N3OS/c17-12-10-4-2-1-3-9(10)5-6-11(12)15-16-13-14-7-8-18-13/h1-8,17H/b16-15+. The van der Waals surface area contributed by atoms with E-state index in [-0.39, 0.29) is 5.75 Å². The van der Waals surface area contributed by atoms with E-state index in [0.29, 0.717) is 10.8 Å². The molecule has 3 aromatic rings. The molecule has 0 atom stereocenters. The Bertz CT molecular complexity index is 707. The van der Waals surface area contributed by atoms with Gasteiger partial charge in [-0.1, -0.05) is 30.3 Å². The van der Waals surface area contributed by atoms with E-state index in [2.05, 4.69) is 15.2 Å². The fourth-order valence-corrected chi connectivity index (χ4v) is 2.14. The zero-order valence-electron chi connectivity index (χ0n) is 9.32. The number of hydrogen-bond donors (Lipinski definition) is 1. The first-order valence-electron chi connectivity index (χ1n) is 5.36. The predicted octanol–water partition coefficient (Wildman–Crippen LogP) is 4.42. The minimum atomic E-state index is 0.147. The number of phenolic OH excluding ortho intramolecular Hbond substituents is 1. The van der Waals surface area contributed by atoms with Crippen LogP contribution in [0.3, 0.4) is 0 Å². The summed E-state index contributed by atoms with van der Waals surface area (Å²) in [6.45, 7) is 0. The van der Waals surface area contributed by atoms with Crippen molar-refractivity contribution in [1.82, 2.24) is 4.98 Å². The molecule has 1 aromatic heterocycles. The van der Waals surface area contributed by atoms with Gasteiger partial charge in [0.25, 0.3) is 0 Å². The highest BCUT2D eigenvalue weighted by molar-refractivity contribution is 7.13. The predicted molar refractivity (Wildman–Crippen MR) is 71.9 cm³/mol. The van der Waals surface area contributed by atoms with Crippen LogP contribution in [0.5, 0.6) is 5.75 Å². The van der Waals surface area contributed by atoms with E-state index in [4.69, 9.17) is 0 Å². The van der Waals surface area contributed by atoms with Gasteiger partial charge in [0.15, 0.2) is 5.75 Å². The third kappa shape index (κ3) is 1.96. The second-order valence-corrected chi connectivity index (χ2v) is 4.54. The Morgan fingerprint density at radius 3 is 2.78 bits per heavy atom. The van der Waals surface area contributed by atoms with Crippen molar-refractivity contribution in [2.24, 2.45) is 10.2 Å². The molecular formula is C13H9N3OS. The van der Waals surface area contributed by atoms with Crippen molar-refractivity contribution < 1.29 is 5.11 Å². The van der Waals surface area contributed by atoms with Crippen molar-refractivity contribution in [2.45, 2.75) is 0 Å². The number of azo groups is 1. The summed E-state index contributed by atoms with van der Waals surface area (Å²) in [4.78, 5) is 4.00. The van der Waals surface area contributed by atoms with E-state index in [1.165, 1.54) is 11.3 Å². The Hall–Kier alpha value is -2.27. The average molecular weight is 255 g/mol. The summed E-state index contributed by atoms with van der Waals surface area (Å²) in [6, 6.07) is 11.3. The van der Waals surface area contributed by atoms with Crippen molar-refractivity contribution in [1.29, 1.82) is 0 Å². The number of aromatic hydroxyl groups is 1. The summed E-state index contributed by atoms with van der Waals surface area (Å²) < 4.78 is 0. The van der Waals surface area contributed by atoms with Gasteiger partial charge >= 0.3 is 0 Å². The normalized spacial score (nSPS) is 11.3. The first-order valence-corrected chi connectivity index (χ1v) is 6.24. The smallest absolute Gasteiger partial charge is 0.229 e. The maximum Gasteiger partial charge on any atom is 0.229 e. The third-order valence-electron chi connectivity index (χ3n) is 2.54.